The maximum Gasteiger partial charge on any atom is 0.103 e. The third-order valence-corrected chi connectivity index (χ3v) is 5.81. The summed E-state index contributed by atoms with van der Waals surface area (Å²) in [6, 6.07) is 8.50. The van der Waals surface area contributed by atoms with E-state index >= 15 is 0 Å². The first kappa shape index (κ1) is 20.1. The first-order valence-corrected chi connectivity index (χ1v) is 10.5. The van der Waals surface area contributed by atoms with Crippen LogP contribution in [0.3, 0.4) is 0 Å². The SMILES string of the molecule is Cc1ncc(C#N)c(Nc2ccc3[nH]ccc3c2C)c1C=CCCN1CCNCC1. The van der Waals surface area contributed by atoms with Crippen LogP contribution in [0.5, 0.6) is 0 Å². The molecule has 1 aliphatic heterocycles. The van der Waals surface area contributed by atoms with Gasteiger partial charge < -0.3 is 20.5 Å². The van der Waals surface area contributed by atoms with Gasteiger partial charge in [-0.3, -0.25) is 4.98 Å². The molecule has 1 aromatic carbocycles. The van der Waals surface area contributed by atoms with Crippen molar-refractivity contribution in [2.75, 3.05) is 38.0 Å². The molecule has 4 rings (SSSR count). The Balaban J connectivity index is 1.59. The quantitative estimate of drug-likeness (QED) is 0.580. The molecular formula is C24H28N6. The molecule has 0 amide bonds. The molecule has 0 spiro atoms. The Hall–Kier alpha value is -3.14. The predicted octanol–water partition coefficient (Wildman–Crippen LogP) is 4.10. The summed E-state index contributed by atoms with van der Waals surface area (Å²) in [4.78, 5) is 10.2. The van der Waals surface area contributed by atoms with Crippen molar-refractivity contribution >= 4 is 28.4 Å². The van der Waals surface area contributed by atoms with Gasteiger partial charge in [0.1, 0.15) is 6.07 Å². The molecule has 154 valence electrons. The highest BCUT2D eigenvalue weighted by molar-refractivity contribution is 5.90. The number of piperazine rings is 1. The second-order valence-electron chi connectivity index (χ2n) is 7.74. The van der Waals surface area contributed by atoms with E-state index in [-0.39, 0.29) is 0 Å². The monoisotopic (exact) mass is 400 g/mol. The lowest BCUT2D eigenvalue weighted by Crippen LogP contribution is -2.43. The van der Waals surface area contributed by atoms with E-state index in [0.29, 0.717) is 5.56 Å². The molecule has 1 saturated heterocycles. The summed E-state index contributed by atoms with van der Waals surface area (Å²) in [6.45, 7) is 9.48. The Labute approximate surface area is 177 Å². The average Bonchev–Trinajstić information content (AvgIpc) is 3.25. The minimum Gasteiger partial charge on any atom is -0.361 e. The third kappa shape index (κ3) is 4.23. The fourth-order valence-electron chi connectivity index (χ4n) is 3.99. The summed E-state index contributed by atoms with van der Waals surface area (Å²) in [6.07, 6.45) is 8.88. The molecule has 0 atom stereocenters. The van der Waals surface area contributed by atoms with Gasteiger partial charge in [0.2, 0.25) is 0 Å². The van der Waals surface area contributed by atoms with Gasteiger partial charge >= 0.3 is 0 Å². The molecule has 2 aromatic heterocycles. The zero-order chi connectivity index (χ0) is 20.9. The van der Waals surface area contributed by atoms with Crippen LogP contribution in [0.15, 0.2) is 36.7 Å². The zero-order valence-corrected chi connectivity index (χ0v) is 17.6. The lowest BCUT2D eigenvalue weighted by molar-refractivity contribution is 0.245. The van der Waals surface area contributed by atoms with Crippen molar-refractivity contribution in [3.05, 3.63) is 59.1 Å². The number of hydrogen-bond donors (Lipinski definition) is 3. The van der Waals surface area contributed by atoms with Crippen molar-refractivity contribution in [2.45, 2.75) is 20.3 Å². The normalized spacial score (nSPS) is 15.0. The van der Waals surface area contributed by atoms with E-state index in [2.05, 4.69) is 68.8 Å². The minimum absolute atomic E-state index is 0.552. The molecular weight excluding hydrogens is 372 g/mol. The molecule has 1 fully saturated rings. The van der Waals surface area contributed by atoms with Crippen LogP contribution >= 0.6 is 0 Å². The van der Waals surface area contributed by atoms with Crippen LogP contribution in [0.25, 0.3) is 17.0 Å². The van der Waals surface area contributed by atoms with Crippen LogP contribution in [0.4, 0.5) is 11.4 Å². The number of aromatic nitrogens is 2. The van der Waals surface area contributed by atoms with Crippen molar-refractivity contribution in [1.82, 2.24) is 20.2 Å². The Bertz CT molecular complexity index is 1100. The number of nitriles is 1. The molecule has 0 aliphatic carbocycles. The fraction of sp³-hybridized carbons (Fsp3) is 0.333. The third-order valence-electron chi connectivity index (χ3n) is 5.81. The molecule has 0 saturated carbocycles. The van der Waals surface area contributed by atoms with Gasteiger partial charge in [0.05, 0.1) is 11.3 Å². The lowest BCUT2D eigenvalue weighted by atomic mass is 10.0. The highest BCUT2D eigenvalue weighted by Gasteiger charge is 2.13. The number of hydrogen-bond acceptors (Lipinski definition) is 5. The van der Waals surface area contributed by atoms with Crippen LogP contribution in [-0.2, 0) is 0 Å². The Kier molecular flexibility index (Phi) is 6.12. The van der Waals surface area contributed by atoms with E-state index in [1.54, 1.807) is 6.20 Å². The van der Waals surface area contributed by atoms with Gasteiger partial charge in [-0.1, -0.05) is 12.2 Å². The van der Waals surface area contributed by atoms with Crippen LogP contribution in [0.1, 0.15) is 28.8 Å². The van der Waals surface area contributed by atoms with Gasteiger partial charge in [-0.25, -0.2) is 0 Å². The average molecular weight is 401 g/mol. The van der Waals surface area contributed by atoms with Crippen molar-refractivity contribution in [3.63, 3.8) is 0 Å². The summed E-state index contributed by atoms with van der Waals surface area (Å²) in [5.41, 5.74) is 6.52. The number of benzene rings is 1. The highest BCUT2D eigenvalue weighted by atomic mass is 15.2. The van der Waals surface area contributed by atoms with Gasteiger partial charge in [-0.15, -0.1) is 0 Å². The van der Waals surface area contributed by atoms with Crippen LogP contribution < -0.4 is 10.6 Å². The number of rotatable bonds is 6. The number of anilines is 2. The van der Waals surface area contributed by atoms with E-state index in [1.165, 1.54) is 5.39 Å². The molecule has 0 unspecified atom stereocenters. The minimum atomic E-state index is 0.552. The molecule has 1 aliphatic rings. The molecule has 3 aromatic rings. The number of pyridine rings is 1. The number of nitrogens with zero attached hydrogens (tertiary/aromatic N) is 3. The molecule has 3 N–H and O–H groups in total. The summed E-state index contributed by atoms with van der Waals surface area (Å²) in [5.74, 6) is 0. The first-order valence-electron chi connectivity index (χ1n) is 10.5. The number of H-pyrrole nitrogens is 1. The van der Waals surface area contributed by atoms with E-state index in [0.717, 1.165) is 72.9 Å². The largest absolute Gasteiger partial charge is 0.361 e. The molecule has 30 heavy (non-hydrogen) atoms. The number of aromatic amines is 1. The van der Waals surface area contributed by atoms with Crippen LogP contribution in [-0.4, -0.2) is 47.6 Å². The number of fused-ring (bicyclic) bond motifs is 1. The smallest absolute Gasteiger partial charge is 0.103 e. The highest BCUT2D eigenvalue weighted by Crippen LogP contribution is 2.32. The van der Waals surface area contributed by atoms with E-state index in [9.17, 15) is 5.26 Å². The fourth-order valence-corrected chi connectivity index (χ4v) is 3.99. The Morgan fingerprint density at radius 1 is 1.23 bits per heavy atom. The second-order valence-corrected chi connectivity index (χ2v) is 7.74. The summed E-state index contributed by atoms with van der Waals surface area (Å²) in [7, 11) is 0. The summed E-state index contributed by atoms with van der Waals surface area (Å²) < 4.78 is 0. The van der Waals surface area contributed by atoms with Gasteiger partial charge in [0.15, 0.2) is 0 Å². The summed E-state index contributed by atoms with van der Waals surface area (Å²) >= 11 is 0. The van der Waals surface area contributed by atoms with Gasteiger partial charge in [-0.05, 0) is 44.0 Å². The molecule has 6 nitrogen and oxygen atoms in total. The zero-order valence-electron chi connectivity index (χ0n) is 17.6. The van der Waals surface area contributed by atoms with Crippen molar-refractivity contribution in [1.29, 1.82) is 5.26 Å². The van der Waals surface area contributed by atoms with Gasteiger partial charge in [0.25, 0.3) is 0 Å². The van der Waals surface area contributed by atoms with Crippen LogP contribution in [0.2, 0.25) is 0 Å². The number of aryl methyl sites for hydroxylation is 2. The van der Waals surface area contributed by atoms with Gasteiger partial charge in [-0.2, -0.15) is 5.26 Å². The standard InChI is InChI=1S/C24H28N6/c1-17-20-8-9-27-23(20)7-6-22(17)29-24-19(15-25)16-28-18(2)21(24)5-3-4-12-30-13-10-26-11-14-30/h3,5-9,16,26-27H,4,10-14H2,1-2H3,(H,28,29). The van der Waals surface area contributed by atoms with E-state index in [4.69, 9.17) is 0 Å². The first-order chi connectivity index (χ1) is 14.7. The topological polar surface area (TPSA) is 79.8 Å². The molecule has 3 heterocycles. The predicted molar refractivity (Wildman–Crippen MR) is 123 cm³/mol. The molecule has 0 bridgehead atoms. The molecule has 6 heteroatoms. The maximum atomic E-state index is 9.69. The maximum absolute atomic E-state index is 9.69. The van der Waals surface area contributed by atoms with Crippen molar-refractivity contribution < 1.29 is 0 Å². The second kappa shape index (κ2) is 9.12. The summed E-state index contributed by atoms with van der Waals surface area (Å²) in [5, 5.41) is 17.8. The van der Waals surface area contributed by atoms with Gasteiger partial charge in [0, 0.05) is 73.0 Å². The Morgan fingerprint density at radius 2 is 2.07 bits per heavy atom. The lowest BCUT2D eigenvalue weighted by Gasteiger charge is -2.26. The van der Waals surface area contributed by atoms with E-state index in [1.807, 2.05) is 13.1 Å². The number of nitrogens with one attached hydrogen (secondary N) is 3. The van der Waals surface area contributed by atoms with Crippen molar-refractivity contribution in [2.24, 2.45) is 0 Å². The molecule has 0 radical (unpaired) electrons. The van der Waals surface area contributed by atoms with Crippen molar-refractivity contribution in [3.8, 4) is 6.07 Å². The Morgan fingerprint density at radius 3 is 2.87 bits per heavy atom. The van der Waals surface area contributed by atoms with E-state index < -0.39 is 0 Å². The van der Waals surface area contributed by atoms with Crippen LogP contribution in [0, 0.1) is 25.2 Å².